The van der Waals surface area contributed by atoms with Crippen molar-refractivity contribution in [1.29, 1.82) is 0 Å². The highest BCUT2D eigenvalue weighted by Crippen LogP contribution is 2.40. The lowest BCUT2D eigenvalue weighted by atomic mass is 10.0. The minimum Gasteiger partial charge on any atom is -0.487 e. The summed E-state index contributed by atoms with van der Waals surface area (Å²) < 4.78 is 22.0. The van der Waals surface area contributed by atoms with Crippen LogP contribution >= 0.6 is 0 Å². The van der Waals surface area contributed by atoms with Crippen molar-refractivity contribution in [2.24, 2.45) is 7.05 Å². The quantitative estimate of drug-likeness (QED) is 0.735. The largest absolute Gasteiger partial charge is 0.487 e. The van der Waals surface area contributed by atoms with Crippen molar-refractivity contribution >= 4 is 5.91 Å². The zero-order valence-electron chi connectivity index (χ0n) is 16.8. The molecule has 29 heavy (non-hydrogen) atoms. The number of nitrogens with one attached hydrogen (secondary N) is 1. The van der Waals surface area contributed by atoms with E-state index in [1.807, 2.05) is 20.8 Å². The maximum absolute atomic E-state index is 14.4. The molecule has 1 amide bonds. The second-order valence-electron chi connectivity index (χ2n) is 7.30. The van der Waals surface area contributed by atoms with Gasteiger partial charge in [-0.25, -0.2) is 9.37 Å². The number of hydrogen-bond acceptors (Lipinski definition) is 5. The Kier molecular flexibility index (Phi) is 4.77. The molecule has 150 valence electrons. The fraction of sp³-hybridized carbons (Fsp3) is 0.333. The summed E-state index contributed by atoms with van der Waals surface area (Å²) in [4.78, 5) is 21.3. The lowest BCUT2D eigenvalue weighted by Crippen LogP contribution is -2.35. The van der Waals surface area contributed by atoms with Gasteiger partial charge in [-0.2, -0.15) is 5.10 Å². The number of benzene rings is 1. The first-order chi connectivity index (χ1) is 13.8. The first kappa shape index (κ1) is 19.0. The molecule has 0 unspecified atom stereocenters. The standard InChI is InChI=1S/C21H22FN5O2/c1-11-7-18(27(4)26-11)21(28)24-10-14-8-16-17(22)6-5-15(20(16)29-14)19-13(3)23-9-12(2)25-19/h5-7,9,14H,8,10H2,1-4H3,(H,24,28)/t14-/m0/s1. The second kappa shape index (κ2) is 7.27. The van der Waals surface area contributed by atoms with Crippen LogP contribution in [0.25, 0.3) is 11.3 Å². The molecule has 0 radical (unpaired) electrons. The number of aryl methyl sites for hydroxylation is 4. The van der Waals surface area contributed by atoms with E-state index in [1.54, 1.807) is 25.4 Å². The molecule has 0 fully saturated rings. The van der Waals surface area contributed by atoms with Gasteiger partial charge in [0.2, 0.25) is 0 Å². The van der Waals surface area contributed by atoms with Gasteiger partial charge in [0.15, 0.2) is 0 Å². The third-order valence-electron chi connectivity index (χ3n) is 4.98. The Morgan fingerprint density at radius 2 is 2.10 bits per heavy atom. The summed E-state index contributed by atoms with van der Waals surface area (Å²) >= 11 is 0. The minimum atomic E-state index is -0.364. The van der Waals surface area contributed by atoms with Crippen molar-refractivity contribution in [3.63, 3.8) is 0 Å². The molecule has 1 aliphatic rings. The number of ether oxygens (including phenoxy) is 1. The van der Waals surface area contributed by atoms with E-state index in [4.69, 9.17) is 4.74 Å². The van der Waals surface area contributed by atoms with Crippen molar-refractivity contribution in [1.82, 2.24) is 25.1 Å². The van der Waals surface area contributed by atoms with E-state index in [9.17, 15) is 9.18 Å². The Balaban J connectivity index is 1.55. The summed E-state index contributed by atoms with van der Waals surface area (Å²) in [6, 6.07) is 4.82. The molecule has 0 bridgehead atoms. The van der Waals surface area contributed by atoms with Crippen molar-refractivity contribution < 1.29 is 13.9 Å². The van der Waals surface area contributed by atoms with Gasteiger partial charge in [-0.15, -0.1) is 0 Å². The summed E-state index contributed by atoms with van der Waals surface area (Å²) in [6.07, 6.45) is 1.71. The Morgan fingerprint density at radius 1 is 1.31 bits per heavy atom. The molecule has 3 aromatic rings. The SMILES string of the molecule is Cc1cnc(C)c(-c2ccc(F)c3c2O[C@H](CNC(=O)c2cc(C)nn2C)C3)n1. The summed E-state index contributed by atoms with van der Waals surface area (Å²) in [5.74, 6) is -0.0875. The topological polar surface area (TPSA) is 81.9 Å². The second-order valence-corrected chi connectivity index (χ2v) is 7.30. The molecule has 1 aliphatic heterocycles. The lowest BCUT2D eigenvalue weighted by Gasteiger charge is -2.14. The number of nitrogens with zero attached hydrogens (tertiary/aromatic N) is 4. The average molecular weight is 395 g/mol. The van der Waals surface area contributed by atoms with Crippen LogP contribution in [-0.4, -0.2) is 38.3 Å². The molecule has 1 N–H and O–H groups in total. The van der Waals surface area contributed by atoms with Gasteiger partial charge in [0.1, 0.15) is 23.4 Å². The van der Waals surface area contributed by atoms with Gasteiger partial charge in [-0.3, -0.25) is 14.5 Å². The van der Waals surface area contributed by atoms with Crippen LogP contribution in [0.3, 0.4) is 0 Å². The zero-order valence-corrected chi connectivity index (χ0v) is 16.8. The van der Waals surface area contributed by atoms with Crippen LogP contribution in [0.4, 0.5) is 4.39 Å². The highest BCUT2D eigenvalue weighted by Gasteiger charge is 2.30. The number of hydrogen-bond donors (Lipinski definition) is 1. The molecule has 0 spiro atoms. The highest BCUT2D eigenvalue weighted by atomic mass is 19.1. The molecular formula is C21H22FN5O2. The number of amides is 1. The molecular weight excluding hydrogens is 373 g/mol. The normalized spacial score (nSPS) is 15.1. The van der Waals surface area contributed by atoms with Crippen molar-refractivity contribution in [3.05, 3.63) is 58.6 Å². The molecule has 0 saturated heterocycles. The number of carbonyl (C=O) groups is 1. The average Bonchev–Trinajstić information content (AvgIpc) is 3.26. The van der Waals surface area contributed by atoms with E-state index in [1.165, 1.54) is 10.7 Å². The molecule has 4 rings (SSSR count). The highest BCUT2D eigenvalue weighted by molar-refractivity contribution is 5.92. The van der Waals surface area contributed by atoms with E-state index in [2.05, 4.69) is 20.4 Å². The number of halogens is 1. The minimum absolute atomic E-state index is 0.242. The molecule has 7 nitrogen and oxygen atoms in total. The third kappa shape index (κ3) is 3.57. The van der Waals surface area contributed by atoms with E-state index >= 15 is 0 Å². The summed E-state index contributed by atoms with van der Waals surface area (Å²) in [6.45, 7) is 5.81. The van der Waals surface area contributed by atoms with Crippen LogP contribution in [0.15, 0.2) is 24.4 Å². The summed E-state index contributed by atoms with van der Waals surface area (Å²) in [5.41, 5.74) is 4.65. The molecule has 0 aliphatic carbocycles. The first-order valence-corrected chi connectivity index (χ1v) is 9.41. The van der Waals surface area contributed by atoms with Crippen molar-refractivity contribution in [2.75, 3.05) is 6.54 Å². The molecule has 1 aromatic carbocycles. The predicted octanol–water partition coefficient (Wildman–Crippen LogP) is 2.67. The van der Waals surface area contributed by atoms with Crippen LogP contribution < -0.4 is 10.1 Å². The van der Waals surface area contributed by atoms with E-state index in [0.29, 0.717) is 34.7 Å². The molecule has 2 aromatic heterocycles. The van der Waals surface area contributed by atoms with Crippen molar-refractivity contribution in [2.45, 2.75) is 33.3 Å². The number of carbonyl (C=O) groups excluding carboxylic acids is 1. The van der Waals surface area contributed by atoms with Gasteiger partial charge in [-0.1, -0.05) is 0 Å². The number of fused-ring (bicyclic) bond motifs is 1. The van der Waals surface area contributed by atoms with Gasteiger partial charge in [0.05, 0.1) is 29.3 Å². The van der Waals surface area contributed by atoms with Crippen LogP contribution in [0, 0.1) is 26.6 Å². The Bertz CT molecular complexity index is 1110. The van der Waals surface area contributed by atoms with Gasteiger partial charge < -0.3 is 10.1 Å². The lowest BCUT2D eigenvalue weighted by molar-refractivity contribution is 0.0924. The van der Waals surface area contributed by atoms with Crippen molar-refractivity contribution in [3.8, 4) is 17.0 Å². The van der Waals surface area contributed by atoms with E-state index in [0.717, 1.165) is 17.1 Å². The van der Waals surface area contributed by atoms with Gasteiger partial charge in [0, 0.05) is 30.8 Å². The van der Waals surface area contributed by atoms with Gasteiger partial charge in [-0.05, 0) is 39.0 Å². The van der Waals surface area contributed by atoms with Gasteiger partial charge >= 0.3 is 0 Å². The first-order valence-electron chi connectivity index (χ1n) is 9.41. The maximum atomic E-state index is 14.4. The number of rotatable bonds is 4. The fourth-order valence-electron chi connectivity index (χ4n) is 3.58. The Morgan fingerprint density at radius 3 is 2.83 bits per heavy atom. The third-order valence-corrected chi connectivity index (χ3v) is 4.98. The summed E-state index contributed by atoms with van der Waals surface area (Å²) in [5, 5.41) is 7.03. The van der Waals surface area contributed by atoms with E-state index in [-0.39, 0.29) is 24.4 Å². The van der Waals surface area contributed by atoms with Crippen LogP contribution in [-0.2, 0) is 13.5 Å². The van der Waals surface area contributed by atoms with Crippen LogP contribution in [0.2, 0.25) is 0 Å². The predicted molar refractivity (Wildman–Crippen MR) is 105 cm³/mol. The monoisotopic (exact) mass is 395 g/mol. The van der Waals surface area contributed by atoms with Crippen LogP contribution in [0.5, 0.6) is 5.75 Å². The smallest absolute Gasteiger partial charge is 0.269 e. The number of aromatic nitrogens is 4. The summed E-state index contributed by atoms with van der Waals surface area (Å²) in [7, 11) is 1.72. The Hall–Kier alpha value is -3.29. The maximum Gasteiger partial charge on any atom is 0.269 e. The zero-order chi connectivity index (χ0) is 20.7. The molecule has 8 heteroatoms. The van der Waals surface area contributed by atoms with E-state index < -0.39 is 0 Å². The van der Waals surface area contributed by atoms with Gasteiger partial charge in [0.25, 0.3) is 5.91 Å². The molecule has 1 atom stereocenters. The molecule has 0 saturated carbocycles. The molecule has 3 heterocycles. The Labute approximate surface area is 167 Å². The van der Waals surface area contributed by atoms with Crippen LogP contribution in [0.1, 0.15) is 33.1 Å². The fourth-order valence-corrected chi connectivity index (χ4v) is 3.58.